The van der Waals surface area contributed by atoms with Crippen molar-refractivity contribution in [1.82, 2.24) is 10.2 Å². The normalized spacial score (nSPS) is 20.8. The molecule has 3 rings (SSSR count). The number of morpholine rings is 1. The zero-order valence-corrected chi connectivity index (χ0v) is 15.5. The largest absolute Gasteiger partial charge is 0.379 e. The van der Waals surface area contributed by atoms with Gasteiger partial charge in [0.2, 0.25) is 5.91 Å². The van der Waals surface area contributed by atoms with E-state index in [1.807, 2.05) is 12.1 Å². The minimum absolute atomic E-state index is 0. The maximum Gasteiger partial charge on any atom is 0.224 e. The Hall–Kier alpha value is -0.850. The third-order valence-electron chi connectivity index (χ3n) is 4.38. The van der Waals surface area contributed by atoms with Crippen molar-refractivity contribution in [2.24, 2.45) is 5.92 Å². The first-order chi connectivity index (χ1) is 10.8. The fourth-order valence-electron chi connectivity index (χ4n) is 3.07. The number of hydrogen-bond acceptors (Lipinski definition) is 4. The number of ether oxygens (including phenoxy) is 1. The predicted octanol–water partition coefficient (Wildman–Crippen LogP) is 2.30. The molecule has 1 amide bonds. The molecule has 0 aliphatic carbocycles. The van der Waals surface area contributed by atoms with Crippen molar-refractivity contribution in [2.45, 2.75) is 19.4 Å². The van der Waals surface area contributed by atoms with Gasteiger partial charge in [-0.3, -0.25) is 9.69 Å². The number of nitrogens with one attached hydrogen (secondary N) is 2. The molecule has 2 fully saturated rings. The van der Waals surface area contributed by atoms with Crippen molar-refractivity contribution >= 4 is 36.4 Å². The molecule has 0 spiro atoms. The molecule has 1 atom stereocenters. The number of hydrogen-bond donors (Lipinski definition) is 2. The highest BCUT2D eigenvalue weighted by atomic mass is 35.5. The van der Waals surface area contributed by atoms with Gasteiger partial charge in [0.05, 0.1) is 13.2 Å². The summed E-state index contributed by atoms with van der Waals surface area (Å²) in [6.45, 7) is 6.58. The lowest BCUT2D eigenvalue weighted by molar-refractivity contribution is -0.116. The van der Waals surface area contributed by atoms with Crippen LogP contribution < -0.4 is 10.6 Å². The van der Waals surface area contributed by atoms with Gasteiger partial charge < -0.3 is 15.4 Å². The fourth-order valence-corrected chi connectivity index (χ4v) is 3.07. The van der Waals surface area contributed by atoms with Crippen molar-refractivity contribution in [3.05, 3.63) is 29.8 Å². The fraction of sp³-hybridized carbons (Fsp3) is 0.588. The van der Waals surface area contributed by atoms with E-state index in [2.05, 4.69) is 27.7 Å². The quantitative estimate of drug-likeness (QED) is 0.828. The lowest BCUT2D eigenvalue weighted by Gasteiger charge is -2.26. The Morgan fingerprint density at radius 2 is 1.92 bits per heavy atom. The lowest BCUT2D eigenvalue weighted by atomic mass is 10.0. The van der Waals surface area contributed by atoms with E-state index in [9.17, 15) is 4.79 Å². The van der Waals surface area contributed by atoms with Gasteiger partial charge in [0.1, 0.15) is 0 Å². The zero-order valence-electron chi connectivity index (χ0n) is 13.8. The second-order valence-corrected chi connectivity index (χ2v) is 6.20. The van der Waals surface area contributed by atoms with Crippen LogP contribution in [0.1, 0.15) is 18.4 Å². The zero-order chi connectivity index (χ0) is 15.2. The maximum absolute atomic E-state index is 12.0. The Morgan fingerprint density at radius 1 is 1.21 bits per heavy atom. The highest BCUT2D eigenvalue weighted by Crippen LogP contribution is 2.16. The number of carbonyl (C=O) groups excluding carboxylic acids is 1. The lowest BCUT2D eigenvalue weighted by Crippen LogP contribution is -2.35. The first-order valence-electron chi connectivity index (χ1n) is 8.19. The van der Waals surface area contributed by atoms with Gasteiger partial charge >= 0.3 is 0 Å². The molecule has 0 bridgehead atoms. The van der Waals surface area contributed by atoms with Crippen LogP contribution >= 0.6 is 24.8 Å². The second-order valence-electron chi connectivity index (χ2n) is 6.20. The molecule has 1 aromatic carbocycles. The van der Waals surface area contributed by atoms with E-state index in [0.717, 1.165) is 58.0 Å². The average Bonchev–Trinajstić information content (AvgIpc) is 3.03. The monoisotopic (exact) mass is 375 g/mol. The predicted molar refractivity (Wildman–Crippen MR) is 101 cm³/mol. The summed E-state index contributed by atoms with van der Waals surface area (Å²) in [5, 5.41) is 6.29. The summed E-state index contributed by atoms with van der Waals surface area (Å²) in [7, 11) is 0. The minimum atomic E-state index is 0. The summed E-state index contributed by atoms with van der Waals surface area (Å²) >= 11 is 0. The number of rotatable bonds is 5. The molecule has 7 heteroatoms. The smallest absolute Gasteiger partial charge is 0.224 e. The van der Waals surface area contributed by atoms with E-state index in [-0.39, 0.29) is 30.7 Å². The van der Waals surface area contributed by atoms with Crippen molar-refractivity contribution in [3.8, 4) is 0 Å². The first-order valence-corrected chi connectivity index (χ1v) is 8.19. The summed E-state index contributed by atoms with van der Waals surface area (Å²) in [5.41, 5.74) is 2.17. The van der Waals surface area contributed by atoms with Crippen LogP contribution in [0.4, 0.5) is 5.69 Å². The minimum Gasteiger partial charge on any atom is -0.379 e. The van der Waals surface area contributed by atoms with E-state index < -0.39 is 0 Å². The van der Waals surface area contributed by atoms with Crippen molar-refractivity contribution in [3.63, 3.8) is 0 Å². The van der Waals surface area contributed by atoms with Gasteiger partial charge in [-0.2, -0.15) is 0 Å². The number of amides is 1. The molecule has 1 aromatic rings. The van der Waals surface area contributed by atoms with E-state index in [0.29, 0.717) is 12.3 Å². The number of nitrogens with zero attached hydrogens (tertiary/aromatic N) is 1. The van der Waals surface area contributed by atoms with Crippen LogP contribution in [0.3, 0.4) is 0 Å². The van der Waals surface area contributed by atoms with Gasteiger partial charge in [-0.05, 0) is 43.1 Å². The molecule has 24 heavy (non-hydrogen) atoms. The van der Waals surface area contributed by atoms with E-state index >= 15 is 0 Å². The maximum atomic E-state index is 12.0. The Balaban J connectivity index is 0.00000144. The van der Waals surface area contributed by atoms with Crippen LogP contribution in [-0.2, 0) is 16.1 Å². The molecule has 1 unspecified atom stereocenters. The molecule has 0 aromatic heterocycles. The molecule has 2 saturated heterocycles. The highest BCUT2D eigenvalue weighted by molar-refractivity contribution is 5.90. The van der Waals surface area contributed by atoms with Crippen molar-refractivity contribution in [1.29, 1.82) is 0 Å². The van der Waals surface area contributed by atoms with Gasteiger partial charge in [-0.15, -0.1) is 24.8 Å². The average molecular weight is 376 g/mol. The molecule has 0 saturated carbocycles. The van der Waals surface area contributed by atoms with Crippen molar-refractivity contribution < 1.29 is 9.53 Å². The molecule has 136 valence electrons. The molecule has 2 aliphatic heterocycles. The van der Waals surface area contributed by atoms with Crippen LogP contribution in [0.25, 0.3) is 0 Å². The van der Waals surface area contributed by atoms with E-state index in [1.54, 1.807) is 0 Å². The Labute approximate surface area is 156 Å². The molecular weight excluding hydrogens is 349 g/mol. The molecule has 2 aliphatic rings. The van der Waals surface area contributed by atoms with Gasteiger partial charge in [-0.1, -0.05) is 12.1 Å². The van der Waals surface area contributed by atoms with Crippen LogP contribution in [0.2, 0.25) is 0 Å². The van der Waals surface area contributed by atoms with E-state index in [1.165, 1.54) is 5.56 Å². The third-order valence-corrected chi connectivity index (χ3v) is 4.38. The summed E-state index contributed by atoms with van der Waals surface area (Å²) in [6.07, 6.45) is 1.72. The van der Waals surface area contributed by atoms with Crippen LogP contribution in [-0.4, -0.2) is 50.2 Å². The van der Waals surface area contributed by atoms with Crippen LogP contribution in [0, 0.1) is 5.92 Å². The number of benzene rings is 1. The summed E-state index contributed by atoms with van der Waals surface area (Å²) in [5.74, 6) is 0.607. The molecular formula is C17H27Cl2N3O2. The van der Waals surface area contributed by atoms with Gasteiger partial charge in [0.25, 0.3) is 0 Å². The SMILES string of the molecule is Cl.Cl.O=C(CC1CCNC1)Nc1ccc(CN2CCOCC2)cc1. The second kappa shape index (κ2) is 10.9. The summed E-state index contributed by atoms with van der Waals surface area (Å²) in [4.78, 5) is 14.4. The van der Waals surface area contributed by atoms with Crippen LogP contribution in [0.15, 0.2) is 24.3 Å². The van der Waals surface area contributed by atoms with E-state index in [4.69, 9.17) is 4.74 Å². The number of carbonyl (C=O) groups is 1. The Bertz CT molecular complexity index is 487. The van der Waals surface area contributed by atoms with Crippen molar-refractivity contribution in [2.75, 3.05) is 44.7 Å². The molecule has 2 N–H and O–H groups in total. The van der Waals surface area contributed by atoms with Crippen LogP contribution in [0.5, 0.6) is 0 Å². The standard InChI is InChI=1S/C17H25N3O2.2ClH/c21-17(11-15-5-6-18-12-15)19-16-3-1-14(2-4-16)13-20-7-9-22-10-8-20;;/h1-4,15,18H,5-13H2,(H,19,21);2*1H. The number of anilines is 1. The molecule has 0 radical (unpaired) electrons. The first kappa shape index (κ1) is 21.2. The highest BCUT2D eigenvalue weighted by Gasteiger charge is 2.18. The topological polar surface area (TPSA) is 53.6 Å². The van der Waals surface area contributed by atoms with Gasteiger partial charge in [0, 0.05) is 31.7 Å². The Morgan fingerprint density at radius 3 is 2.54 bits per heavy atom. The summed E-state index contributed by atoms with van der Waals surface area (Å²) in [6, 6.07) is 8.20. The third kappa shape index (κ3) is 6.57. The Kier molecular flexibility index (Phi) is 9.63. The number of halogens is 2. The molecule has 5 nitrogen and oxygen atoms in total. The summed E-state index contributed by atoms with van der Waals surface area (Å²) < 4.78 is 5.36. The van der Waals surface area contributed by atoms with Gasteiger partial charge in [-0.25, -0.2) is 0 Å². The molecule has 2 heterocycles. The van der Waals surface area contributed by atoms with Gasteiger partial charge in [0.15, 0.2) is 0 Å².